The van der Waals surface area contributed by atoms with Crippen LogP contribution in [0.2, 0.25) is 0 Å². The van der Waals surface area contributed by atoms with Crippen molar-refractivity contribution in [3.8, 4) is 0 Å². The predicted molar refractivity (Wildman–Crippen MR) is 90.2 cm³/mol. The van der Waals surface area contributed by atoms with Gasteiger partial charge >= 0.3 is 5.97 Å². The van der Waals surface area contributed by atoms with Crippen LogP contribution in [0.3, 0.4) is 0 Å². The second-order valence-electron chi connectivity index (χ2n) is 7.67. The number of hydrogen-bond acceptors (Lipinski definition) is 2. The fourth-order valence-electron chi connectivity index (χ4n) is 3.14. The molecule has 0 aromatic heterocycles. The lowest BCUT2D eigenvalue weighted by Gasteiger charge is -2.41. The molecule has 0 aliphatic carbocycles. The third-order valence-corrected chi connectivity index (χ3v) is 5.33. The van der Waals surface area contributed by atoms with E-state index in [4.69, 9.17) is 0 Å². The summed E-state index contributed by atoms with van der Waals surface area (Å²) >= 11 is 0. The maximum Gasteiger partial charge on any atom is 0.314 e. The second-order valence-corrected chi connectivity index (χ2v) is 7.67. The first-order chi connectivity index (χ1) is 10.7. The number of carbonyl (C=O) groups is 2. The van der Waals surface area contributed by atoms with Gasteiger partial charge in [0.05, 0.1) is 5.41 Å². The molecule has 1 fully saturated rings. The molecule has 0 saturated carbocycles. The molecule has 1 amide bonds. The zero-order valence-electron chi connectivity index (χ0n) is 14.5. The van der Waals surface area contributed by atoms with Crippen molar-refractivity contribution >= 4 is 11.9 Å². The summed E-state index contributed by atoms with van der Waals surface area (Å²) in [5, 5.41) is 9.80. The minimum Gasteiger partial charge on any atom is -0.481 e. The Morgan fingerprint density at radius 2 is 1.65 bits per heavy atom. The van der Waals surface area contributed by atoms with Crippen LogP contribution in [0.15, 0.2) is 30.3 Å². The summed E-state index contributed by atoms with van der Waals surface area (Å²) in [4.78, 5) is 26.4. The third kappa shape index (κ3) is 3.41. The van der Waals surface area contributed by atoms with Crippen LogP contribution >= 0.6 is 0 Å². The molecule has 1 aliphatic heterocycles. The Balaban J connectivity index is 2.15. The highest BCUT2D eigenvalue weighted by molar-refractivity contribution is 5.83. The fourth-order valence-corrected chi connectivity index (χ4v) is 3.14. The Bertz CT molecular complexity index is 566. The molecule has 1 heterocycles. The smallest absolute Gasteiger partial charge is 0.314 e. The highest BCUT2D eigenvalue weighted by atomic mass is 16.4. The van der Waals surface area contributed by atoms with Gasteiger partial charge < -0.3 is 10.0 Å². The molecule has 1 aliphatic rings. The minimum atomic E-state index is -0.872. The molecule has 4 heteroatoms. The van der Waals surface area contributed by atoms with E-state index in [0.717, 1.165) is 5.56 Å². The first kappa shape index (κ1) is 17.5. The van der Waals surface area contributed by atoms with E-state index in [0.29, 0.717) is 25.9 Å². The van der Waals surface area contributed by atoms with E-state index in [1.165, 1.54) is 0 Å². The SMILES string of the molecule is CC(C(=O)N1CCC(C(=O)O)(c2ccccc2)CC1)C(C)(C)C. The molecule has 1 saturated heterocycles. The van der Waals surface area contributed by atoms with Crippen LogP contribution in [0, 0.1) is 11.3 Å². The number of rotatable bonds is 3. The van der Waals surface area contributed by atoms with Crippen molar-refractivity contribution in [1.29, 1.82) is 0 Å². The molecule has 0 radical (unpaired) electrons. The molecular weight excluding hydrogens is 290 g/mol. The number of nitrogens with zero attached hydrogens (tertiary/aromatic N) is 1. The molecule has 23 heavy (non-hydrogen) atoms. The molecule has 1 aromatic rings. The molecule has 126 valence electrons. The average Bonchev–Trinajstić information content (AvgIpc) is 2.53. The van der Waals surface area contributed by atoms with Crippen molar-refractivity contribution in [3.63, 3.8) is 0 Å². The lowest BCUT2D eigenvalue weighted by Crippen LogP contribution is -2.51. The van der Waals surface area contributed by atoms with Crippen LogP contribution in [0.25, 0.3) is 0 Å². The van der Waals surface area contributed by atoms with Gasteiger partial charge in [-0.25, -0.2) is 0 Å². The summed E-state index contributed by atoms with van der Waals surface area (Å²) in [6.45, 7) is 9.14. The highest BCUT2D eigenvalue weighted by Crippen LogP contribution is 2.37. The number of hydrogen-bond donors (Lipinski definition) is 1. The average molecular weight is 317 g/mol. The zero-order chi connectivity index (χ0) is 17.3. The summed E-state index contributed by atoms with van der Waals surface area (Å²) < 4.78 is 0. The largest absolute Gasteiger partial charge is 0.481 e. The number of benzene rings is 1. The number of aliphatic carboxylic acids is 1. The van der Waals surface area contributed by atoms with E-state index in [2.05, 4.69) is 20.8 Å². The lowest BCUT2D eigenvalue weighted by molar-refractivity contribution is -0.150. The zero-order valence-corrected chi connectivity index (χ0v) is 14.5. The molecule has 1 N–H and O–H groups in total. The van der Waals surface area contributed by atoms with Gasteiger partial charge in [0.1, 0.15) is 0 Å². The summed E-state index contributed by atoms with van der Waals surface area (Å²) in [6.07, 6.45) is 0.934. The topological polar surface area (TPSA) is 57.6 Å². The van der Waals surface area contributed by atoms with Gasteiger partial charge in [-0.15, -0.1) is 0 Å². The van der Waals surface area contributed by atoms with E-state index in [9.17, 15) is 14.7 Å². The highest BCUT2D eigenvalue weighted by Gasteiger charge is 2.44. The van der Waals surface area contributed by atoms with Gasteiger partial charge in [0.25, 0.3) is 0 Å². The number of likely N-dealkylation sites (tertiary alicyclic amines) is 1. The quantitative estimate of drug-likeness (QED) is 0.930. The Kier molecular flexibility index (Phi) is 4.83. The van der Waals surface area contributed by atoms with Crippen LogP contribution in [0.4, 0.5) is 0 Å². The molecule has 0 bridgehead atoms. The van der Waals surface area contributed by atoms with Crippen molar-refractivity contribution in [2.45, 2.75) is 46.0 Å². The van der Waals surface area contributed by atoms with E-state index < -0.39 is 11.4 Å². The third-order valence-electron chi connectivity index (χ3n) is 5.33. The van der Waals surface area contributed by atoms with Gasteiger partial charge in [-0.05, 0) is 23.8 Å². The molecule has 0 spiro atoms. The molecule has 2 rings (SSSR count). The van der Waals surface area contributed by atoms with Crippen LogP contribution in [0.5, 0.6) is 0 Å². The molecule has 1 atom stereocenters. The number of carboxylic acids is 1. The monoisotopic (exact) mass is 317 g/mol. The normalized spacial score (nSPS) is 19.2. The maximum absolute atomic E-state index is 12.6. The lowest BCUT2D eigenvalue weighted by atomic mass is 9.72. The van der Waals surface area contributed by atoms with Gasteiger partial charge in [-0.1, -0.05) is 58.0 Å². The Morgan fingerprint density at radius 3 is 2.09 bits per heavy atom. The summed E-state index contributed by atoms with van der Waals surface area (Å²) in [5.41, 5.74) is -0.121. The van der Waals surface area contributed by atoms with E-state index in [1.54, 1.807) is 0 Å². The predicted octanol–water partition coefficient (Wildman–Crippen LogP) is 3.31. The number of amides is 1. The van der Waals surface area contributed by atoms with Crippen molar-refractivity contribution in [2.24, 2.45) is 11.3 Å². The Labute approximate surface area is 138 Å². The molecular formula is C19H27NO3. The van der Waals surface area contributed by atoms with Crippen molar-refractivity contribution in [1.82, 2.24) is 4.90 Å². The summed E-state index contributed by atoms with van der Waals surface area (Å²) in [5.74, 6) is -0.735. The van der Waals surface area contributed by atoms with Crippen molar-refractivity contribution in [3.05, 3.63) is 35.9 Å². The first-order valence-corrected chi connectivity index (χ1v) is 8.26. The van der Waals surface area contributed by atoms with Crippen LogP contribution < -0.4 is 0 Å². The maximum atomic E-state index is 12.6. The first-order valence-electron chi connectivity index (χ1n) is 8.26. The van der Waals surface area contributed by atoms with Gasteiger partial charge in [-0.3, -0.25) is 9.59 Å². The summed E-state index contributed by atoms with van der Waals surface area (Å²) in [6, 6.07) is 9.40. The Hall–Kier alpha value is -1.84. The minimum absolute atomic E-state index is 0.0726. The summed E-state index contributed by atoms with van der Waals surface area (Å²) in [7, 11) is 0. The molecule has 1 unspecified atom stereocenters. The van der Waals surface area contributed by atoms with E-state index >= 15 is 0 Å². The molecule has 4 nitrogen and oxygen atoms in total. The van der Waals surface area contributed by atoms with Gasteiger partial charge in [-0.2, -0.15) is 0 Å². The van der Waals surface area contributed by atoms with Gasteiger partial charge in [0.15, 0.2) is 0 Å². The van der Waals surface area contributed by atoms with E-state index in [1.807, 2.05) is 42.2 Å². The van der Waals surface area contributed by atoms with Gasteiger partial charge in [0, 0.05) is 19.0 Å². The molecule has 1 aromatic carbocycles. The van der Waals surface area contributed by atoms with Crippen LogP contribution in [0.1, 0.15) is 46.1 Å². The van der Waals surface area contributed by atoms with Crippen LogP contribution in [-0.2, 0) is 15.0 Å². The Morgan fingerprint density at radius 1 is 1.13 bits per heavy atom. The number of carbonyl (C=O) groups excluding carboxylic acids is 1. The van der Waals surface area contributed by atoms with Crippen molar-refractivity contribution < 1.29 is 14.7 Å². The number of piperidine rings is 1. The van der Waals surface area contributed by atoms with Crippen molar-refractivity contribution in [2.75, 3.05) is 13.1 Å². The number of carboxylic acid groups (broad SMARTS) is 1. The standard InChI is InChI=1S/C19H27NO3/c1-14(18(2,3)4)16(21)20-12-10-19(11-13-20,17(22)23)15-8-6-5-7-9-15/h5-9,14H,10-13H2,1-4H3,(H,22,23). The van der Waals surface area contributed by atoms with E-state index in [-0.39, 0.29) is 17.2 Å². The van der Waals surface area contributed by atoms with Gasteiger partial charge in [0.2, 0.25) is 5.91 Å². The fraction of sp³-hybridized carbons (Fsp3) is 0.579. The second kappa shape index (κ2) is 6.34. The van der Waals surface area contributed by atoms with Crippen LogP contribution in [-0.4, -0.2) is 35.0 Å².